The van der Waals surface area contributed by atoms with Crippen LogP contribution in [0.2, 0.25) is 0 Å². The van der Waals surface area contributed by atoms with Crippen molar-refractivity contribution in [2.75, 3.05) is 119 Å². The van der Waals surface area contributed by atoms with Crippen LogP contribution in [-0.2, 0) is 78.3 Å². The molecule has 0 saturated carbocycles. The van der Waals surface area contributed by atoms with Crippen LogP contribution in [0.5, 0.6) is 40.2 Å². The van der Waals surface area contributed by atoms with Gasteiger partial charge in [-0.05, 0) is 116 Å². The third-order valence-electron chi connectivity index (χ3n) is 18.0. The number of benzene rings is 4. The van der Waals surface area contributed by atoms with Crippen molar-refractivity contribution in [3.05, 3.63) is 124 Å². The molecule has 610 valence electrons. The Morgan fingerprint density at radius 2 is 0.938 bits per heavy atom. The van der Waals surface area contributed by atoms with Gasteiger partial charge in [-0.1, -0.05) is 31.0 Å². The molecular formula is C76H94N10O25S2. The summed E-state index contributed by atoms with van der Waals surface area (Å²) >= 11 is 0. The average molecular weight is 1610 g/mol. The molecule has 1 atom stereocenters. The van der Waals surface area contributed by atoms with Crippen LogP contribution in [0.3, 0.4) is 0 Å². The van der Waals surface area contributed by atoms with E-state index in [0.717, 1.165) is 29.5 Å². The summed E-state index contributed by atoms with van der Waals surface area (Å²) in [6.45, 7) is 7.57. The first-order valence-corrected chi connectivity index (χ1v) is 39.3. The van der Waals surface area contributed by atoms with E-state index in [0.29, 0.717) is 69.8 Å². The maximum absolute atomic E-state index is 14.1. The number of carbonyl (C=O) groups is 9. The molecule has 0 aliphatic carbocycles. The van der Waals surface area contributed by atoms with Crippen LogP contribution < -0.4 is 54.4 Å². The van der Waals surface area contributed by atoms with Gasteiger partial charge in [-0.15, -0.1) is 5.06 Å². The molecule has 0 spiro atoms. The van der Waals surface area contributed by atoms with Crippen molar-refractivity contribution in [1.82, 2.24) is 51.0 Å². The molecule has 2 aliphatic heterocycles. The maximum Gasteiger partial charge on any atom is 0.354 e. The smallest absolute Gasteiger partial charge is 0.354 e. The number of ether oxygens (including phenoxy) is 7. The van der Waals surface area contributed by atoms with Gasteiger partial charge in [0, 0.05) is 133 Å². The quantitative estimate of drug-likeness (QED) is 0.0109. The lowest BCUT2D eigenvalue weighted by Gasteiger charge is -2.34. The number of hydrogen-bond donors (Lipinski definition) is 8. The van der Waals surface area contributed by atoms with E-state index in [1.807, 2.05) is 48.8 Å². The normalized spacial score (nSPS) is 14.4. The fourth-order valence-electron chi connectivity index (χ4n) is 12.8. The van der Waals surface area contributed by atoms with Crippen molar-refractivity contribution in [3.63, 3.8) is 0 Å². The van der Waals surface area contributed by atoms with Crippen molar-refractivity contribution in [2.24, 2.45) is 0 Å². The number of imide groups is 1. The first-order chi connectivity index (χ1) is 53.7. The van der Waals surface area contributed by atoms with E-state index >= 15 is 0 Å². The first-order valence-electron chi connectivity index (χ1n) is 36.1. The number of pyridine rings is 2. The molecule has 37 heteroatoms. The van der Waals surface area contributed by atoms with Gasteiger partial charge in [-0.2, -0.15) is 16.8 Å². The number of carbonyl (C=O) groups excluding carboxylic acids is 7. The Morgan fingerprint density at radius 3 is 1.41 bits per heavy atom. The number of aryl methyl sites for hydroxylation is 3. The number of aromatic carboxylic acids is 2. The SMILES string of the molecule is CCCCNC(=O)COc1cc(C)c(-c2cc(CN3CCN(Cc4cc(C)cc(-c5c(C)cc(OCC(=O)NCCCS(=O)(=O)O)cc5OC)c4)CCN(Cc4cc(-c5c(OC)cc(OCC(=O)NCCCS(=O)(=O)O)cc5OC)cc(C(=O)O)n4)CC3CNC(=O)CC(=O)ON3C(=O)CCC3=O)nc(C(=O)O)c2)c(OC)c1. The van der Waals surface area contributed by atoms with Crippen LogP contribution >= 0.6 is 0 Å². The number of amides is 6. The zero-order valence-electron chi connectivity index (χ0n) is 63.9. The second-order valence-electron chi connectivity index (χ2n) is 26.8. The van der Waals surface area contributed by atoms with E-state index in [1.54, 1.807) is 43.3 Å². The molecule has 113 heavy (non-hydrogen) atoms. The zero-order chi connectivity index (χ0) is 82.3. The predicted octanol–water partition coefficient (Wildman–Crippen LogP) is 4.98. The van der Waals surface area contributed by atoms with Gasteiger partial charge in [-0.3, -0.25) is 52.6 Å². The molecule has 2 fully saturated rings. The lowest BCUT2D eigenvalue weighted by atomic mass is 9.95. The molecule has 4 heterocycles. The minimum absolute atomic E-state index is 0.0153. The van der Waals surface area contributed by atoms with Crippen LogP contribution in [0, 0.1) is 20.8 Å². The summed E-state index contributed by atoms with van der Waals surface area (Å²) < 4.78 is 104. The zero-order valence-corrected chi connectivity index (χ0v) is 65.5. The Labute approximate surface area is 653 Å². The predicted molar refractivity (Wildman–Crippen MR) is 408 cm³/mol. The average Bonchev–Trinajstić information content (AvgIpc) is 0.946. The van der Waals surface area contributed by atoms with Crippen LogP contribution in [0.1, 0.15) is 106 Å². The summed E-state index contributed by atoms with van der Waals surface area (Å²) in [5, 5.41) is 32.6. The van der Waals surface area contributed by atoms with Gasteiger partial charge in [0.15, 0.2) is 19.8 Å². The molecule has 2 aliphatic rings. The Balaban J connectivity index is 1.20. The fourth-order valence-corrected chi connectivity index (χ4v) is 13.8. The Hall–Kier alpha value is -11.1. The summed E-state index contributed by atoms with van der Waals surface area (Å²) in [4.78, 5) is 137. The summed E-state index contributed by atoms with van der Waals surface area (Å²) in [7, 11) is -2.86. The van der Waals surface area contributed by atoms with Crippen molar-refractivity contribution in [3.8, 4) is 73.6 Å². The molecule has 1 unspecified atom stereocenters. The van der Waals surface area contributed by atoms with Crippen LogP contribution in [0.25, 0.3) is 33.4 Å². The van der Waals surface area contributed by atoms with E-state index in [4.69, 9.17) is 47.1 Å². The van der Waals surface area contributed by atoms with Crippen LogP contribution in [-0.4, -0.2) is 244 Å². The highest BCUT2D eigenvalue weighted by molar-refractivity contribution is 7.86. The van der Waals surface area contributed by atoms with E-state index in [-0.39, 0.29) is 148 Å². The molecule has 35 nitrogen and oxygen atoms in total. The number of carboxylic acid groups (broad SMARTS) is 2. The molecule has 2 aromatic heterocycles. The molecular weight excluding hydrogens is 1520 g/mol. The molecule has 2 saturated heterocycles. The highest BCUT2D eigenvalue weighted by atomic mass is 32.2. The monoisotopic (exact) mass is 1610 g/mol. The Kier molecular flexibility index (Phi) is 31.7. The van der Waals surface area contributed by atoms with Crippen molar-refractivity contribution < 1.29 is 117 Å². The van der Waals surface area contributed by atoms with Gasteiger partial charge in [0.25, 0.3) is 49.8 Å². The van der Waals surface area contributed by atoms with Gasteiger partial charge in [0.2, 0.25) is 5.91 Å². The summed E-state index contributed by atoms with van der Waals surface area (Å²) in [6, 6.07) is 20.8. The van der Waals surface area contributed by atoms with Gasteiger partial charge in [0.1, 0.15) is 58.1 Å². The number of methoxy groups -OCH3 is 4. The summed E-state index contributed by atoms with van der Waals surface area (Å²) in [5.74, 6) is -7.33. The van der Waals surface area contributed by atoms with E-state index in [2.05, 4.69) is 36.1 Å². The minimum atomic E-state index is -4.26. The Bertz CT molecular complexity index is 4700. The standard InChI is InChI=1S/C76H94N10O25S2/c1-9-10-15-77-66(88)43-108-57-27-48(4)73(62(34-57)105-6)51-29-54(82-59(31-51)75(94)95)41-85-21-20-83(39-49-24-46(2)25-50(28-49)72-47(3)26-56(33-61(72)104-5)109-44-67(89)78-16-11-22-112(98,99)100)18-19-84(42-55(85)38-80-65(87)37-71(93)111-86-69(91)13-14-70(86)92)40-53-30-52(32-60(81-53)76(96)97)74-63(106-7)35-58(36-64(74)107-8)110-45-68(90)79-17-12-23-113(101,102)103/h24-36,55H,9-23,37-45H2,1-8H3,(H,77,88)(H,78,89)(H,79,90)(H,80,87)(H,94,95)(H,96,97)(H,98,99,100)(H,101,102,103). The molecule has 6 aromatic rings. The van der Waals surface area contributed by atoms with Crippen molar-refractivity contribution in [2.45, 2.75) is 98.3 Å². The lowest BCUT2D eigenvalue weighted by Crippen LogP contribution is -2.50. The first kappa shape index (κ1) is 87.5. The lowest BCUT2D eigenvalue weighted by molar-refractivity contribution is -0.197. The number of rotatable bonds is 40. The molecule has 6 amide bonds. The second-order valence-corrected chi connectivity index (χ2v) is 30.0. The van der Waals surface area contributed by atoms with Crippen molar-refractivity contribution >= 4 is 73.6 Å². The number of carboxylic acids is 2. The van der Waals surface area contributed by atoms with Gasteiger partial charge < -0.3 is 69.5 Å². The molecule has 0 radical (unpaired) electrons. The fraction of sp³-hybridized carbons (Fsp3) is 0.434. The maximum atomic E-state index is 14.1. The number of hydrogen-bond acceptors (Lipinski definition) is 26. The largest absolute Gasteiger partial charge is 0.496 e. The third kappa shape index (κ3) is 26.5. The summed E-state index contributed by atoms with van der Waals surface area (Å²) in [6.07, 6.45) is 0.255. The number of unbranched alkanes of at least 4 members (excludes halogenated alkanes) is 1. The minimum Gasteiger partial charge on any atom is -0.496 e. The molecule has 8 N–H and O–H groups in total. The van der Waals surface area contributed by atoms with Gasteiger partial charge in [-0.25, -0.2) is 24.4 Å². The number of hydroxylamine groups is 2. The van der Waals surface area contributed by atoms with Gasteiger partial charge in [0.05, 0.1) is 56.9 Å². The highest BCUT2D eigenvalue weighted by Crippen LogP contribution is 2.44. The van der Waals surface area contributed by atoms with Crippen molar-refractivity contribution in [1.29, 1.82) is 0 Å². The third-order valence-corrected chi connectivity index (χ3v) is 19.7. The summed E-state index contributed by atoms with van der Waals surface area (Å²) in [5.41, 5.74) is 5.53. The second kappa shape index (κ2) is 40.9. The van der Waals surface area contributed by atoms with E-state index in [9.17, 15) is 70.2 Å². The van der Waals surface area contributed by atoms with Crippen LogP contribution in [0.15, 0.2) is 78.9 Å². The number of nitrogens with one attached hydrogen (secondary N) is 4. The molecule has 0 bridgehead atoms. The molecule has 8 rings (SSSR count). The topological polar surface area (TPSA) is 464 Å². The van der Waals surface area contributed by atoms with E-state index < -0.39 is 111 Å². The molecule has 4 aromatic carbocycles. The van der Waals surface area contributed by atoms with E-state index in [1.165, 1.54) is 52.7 Å². The number of aromatic nitrogens is 2. The van der Waals surface area contributed by atoms with Crippen LogP contribution in [0.4, 0.5) is 0 Å². The number of nitrogens with zero attached hydrogens (tertiary/aromatic N) is 6. The highest BCUT2D eigenvalue weighted by Gasteiger charge is 2.35. The Morgan fingerprint density at radius 1 is 0.504 bits per heavy atom. The van der Waals surface area contributed by atoms with Gasteiger partial charge >= 0.3 is 17.9 Å².